The number of aromatic nitrogens is 4. The highest BCUT2D eigenvalue weighted by Gasteiger charge is 2.52. The number of fused-ring (bicyclic) bond motifs is 1. The van der Waals surface area contributed by atoms with Crippen molar-refractivity contribution in [1.82, 2.24) is 19.5 Å². The van der Waals surface area contributed by atoms with Crippen molar-refractivity contribution in [2.75, 3.05) is 12.8 Å². The maximum atomic E-state index is 12.5. The van der Waals surface area contributed by atoms with Crippen molar-refractivity contribution >= 4 is 29.1 Å². The van der Waals surface area contributed by atoms with E-state index in [1.54, 1.807) is 32.3 Å². The number of nitrogens with one attached hydrogen (secondary N) is 1. The number of esters is 2. The number of H-pyrrole nitrogens is 1. The summed E-state index contributed by atoms with van der Waals surface area (Å²) in [6, 6.07) is -0.400. The molecule has 3 rings (SSSR count). The Kier molecular flexibility index (Phi) is 5.44. The van der Waals surface area contributed by atoms with Gasteiger partial charge in [-0.25, -0.2) is 4.98 Å². The van der Waals surface area contributed by atoms with Gasteiger partial charge in [-0.15, -0.1) is 0 Å². The van der Waals surface area contributed by atoms with Gasteiger partial charge in [-0.3, -0.25) is 19.4 Å². The minimum atomic E-state index is -0.950. The fourth-order valence-electron chi connectivity index (χ4n) is 3.93. The molecule has 0 bridgehead atoms. The Labute approximate surface area is 173 Å². The van der Waals surface area contributed by atoms with Crippen molar-refractivity contribution in [3.05, 3.63) is 28.8 Å². The summed E-state index contributed by atoms with van der Waals surface area (Å²) in [6.07, 6.45) is 1.18. The zero-order valence-corrected chi connectivity index (χ0v) is 17.8. The topological polar surface area (TPSA) is 142 Å². The van der Waals surface area contributed by atoms with E-state index in [0.717, 1.165) is 0 Å². The molecule has 0 amide bonds. The van der Waals surface area contributed by atoms with E-state index < -0.39 is 35.0 Å². The number of nitrogen functional groups attached to an aromatic ring is 1. The van der Waals surface area contributed by atoms with Crippen LogP contribution in [0.5, 0.6) is 0 Å². The van der Waals surface area contributed by atoms with Crippen LogP contribution in [0, 0.1) is 17.3 Å². The van der Waals surface area contributed by atoms with Crippen LogP contribution in [-0.4, -0.2) is 44.7 Å². The van der Waals surface area contributed by atoms with Crippen LogP contribution in [0.1, 0.15) is 40.2 Å². The largest absolute Gasteiger partial charge is 0.469 e. The fourth-order valence-corrected chi connectivity index (χ4v) is 3.93. The molecule has 10 heteroatoms. The second kappa shape index (κ2) is 7.58. The normalized spacial score (nSPS) is 21.9. The number of aromatic amines is 1. The van der Waals surface area contributed by atoms with Crippen molar-refractivity contribution in [1.29, 1.82) is 0 Å². The number of methoxy groups -OCH3 is 1. The molecule has 2 aromatic heterocycles. The molecule has 0 aromatic carbocycles. The first kappa shape index (κ1) is 21.5. The van der Waals surface area contributed by atoms with Crippen molar-refractivity contribution in [3.63, 3.8) is 0 Å². The SMILES string of the molecule is C=C1[C@@H](OC(=O)C(C)C)[C@@H](C(C)(C)C(=O)OC)C[C@@H]1n1cnc2c(=O)[nH]c(N)nc21. The predicted molar refractivity (Wildman–Crippen MR) is 109 cm³/mol. The van der Waals surface area contributed by atoms with Gasteiger partial charge in [0.15, 0.2) is 11.2 Å². The Morgan fingerprint density at radius 2 is 2.07 bits per heavy atom. The summed E-state index contributed by atoms with van der Waals surface area (Å²) in [6.45, 7) is 11.1. The number of carbonyl (C=O) groups is 2. The average molecular weight is 417 g/mol. The lowest BCUT2D eigenvalue weighted by atomic mass is 9.76. The highest BCUT2D eigenvalue weighted by molar-refractivity contribution is 5.77. The first-order valence-corrected chi connectivity index (χ1v) is 9.69. The highest BCUT2D eigenvalue weighted by atomic mass is 16.5. The molecule has 2 aromatic rings. The van der Waals surface area contributed by atoms with Crippen LogP contribution in [0.25, 0.3) is 11.2 Å². The van der Waals surface area contributed by atoms with Crippen molar-refractivity contribution in [2.45, 2.75) is 46.3 Å². The van der Waals surface area contributed by atoms with E-state index in [9.17, 15) is 14.4 Å². The van der Waals surface area contributed by atoms with Crippen LogP contribution in [0.3, 0.4) is 0 Å². The van der Waals surface area contributed by atoms with Crippen LogP contribution < -0.4 is 11.3 Å². The third-order valence-corrected chi connectivity index (χ3v) is 5.78. The summed E-state index contributed by atoms with van der Waals surface area (Å²) in [5.41, 5.74) is 5.34. The van der Waals surface area contributed by atoms with Gasteiger partial charge in [-0.05, 0) is 25.8 Å². The predicted octanol–water partition coefficient (Wildman–Crippen LogP) is 1.59. The van der Waals surface area contributed by atoms with E-state index in [4.69, 9.17) is 15.2 Å². The summed E-state index contributed by atoms with van der Waals surface area (Å²) < 4.78 is 12.4. The minimum Gasteiger partial charge on any atom is -0.469 e. The Hall–Kier alpha value is -3.17. The van der Waals surface area contributed by atoms with Crippen LogP contribution in [0.2, 0.25) is 0 Å². The Bertz CT molecular complexity index is 1070. The molecule has 0 aliphatic heterocycles. The van der Waals surface area contributed by atoms with Crippen LogP contribution >= 0.6 is 0 Å². The van der Waals surface area contributed by atoms with Gasteiger partial charge in [0.2, 0.25) is 5.95 Å². The van der Waals surface area contributed by atoms with E-state index in [-0.39, 0.29) is 23.4 Å². The van der Waals surface area contributed by atoms with Crippen molar-refractivity contribution < 1.29 is 19.1 Å². The first-order chi connectivity index (χ1) is 14.0. The van der Waals surface area contributed by atoms with E-state index in [2.05, 4.69) is 21.5 Å². The molecule has 1 saturated carbocycles. The molecule has 0 saturated heterocycles. The Morgan fingerprint density at radius 1 is 1.40 bits per heavy atom. The number of hydrogen-bond donors (Lipinski definition) is 2. The van der Waals surface area contributed by atoms with E-state index in [1.165, 1.54) is 13.4 Å². The smallest absolute Gasteiger partial charge is 0.311 e. The molecule has 162 valence electrons. The van der Waals surface area contributed by atoms with Gasteiger partial charge in [-0.1, -0.05) is 20.4 Å². The standard InChI is InChI=1S/C20H27N5O5/c1-9(2)17(27)30-14-10(3)12(7-11(14)20(4,5)18(28)29-6)25-8-22-13-15(25)23-19(21)24-16(13)26/h8-9,11-12,14H,3,7H2,1-2,4-6H3,(H3,21,23,24,26)/t11-,12-,14+/m0/s1. The number of ether oxygens (including phenoxy) is 2. The maximum Gasteiger partial charge on any atom is 0.311 e. The summed E-state index contributed by atoms with van der Waals surface area (Å²) in [5.74, 6) is -1.58. The van der Waals surface area contributed by atoms with Gasteiger partial charge in [0, 0.05) is 5.92 Å². The summed E-state index contributed by atoms with van der Waals surface area (Å²) in [7, 11) is 1.32. The zero-order valence-electron chi connectivity index (χ0n) is 17.8. The Morgan fingerprint density at radius 3 is 2.67 bits per heavy atom. The summed E-state index contributed by atoms with van der Waals surface area (Å²) in [4.78, 5) is 47.8. The van der Waals surface area contributed by atoms with Gasteiger partial charge in [0.25, 0.3) is 5.56 Å². The van der Waals surface area contributed by atoms with Gasteiger partial charge >= 0.3 is 11.9 Å². The number of imidazole rings is 1. The lowest BCUT2D eigenvalue weighted by Gasteiger charge is -2.32. The third-order valence-electron chi connectivity index (χ3n) is 5.78. The molecule has 0 spiro atoms. The summed E-state index contributed by atoms with van der Waals surface area (Å²) >= 11 is 0. The monoisotopic (exact) mass is 417 g/mol. The molecule has 1 aliphatic carbocycles. The number of nitrogens with two attached hydrogens (primary N) is 1. The second-order valence-corrected chi connectivity index (χ2v) is 8.43. The van der Waals surface area contributed by atoms with E-state index in [1.807, 2.05) is 0 Å². The molecule has 1 aliphatic rings. The molecular formula is C20H27N5O5. The van der Waals surface area contributed by atoms with Gasteiger partial charge < -0.3 is 19.8 Å². The lowest BCUT2D eigenvalue weighted by Crippen LogP contribution is -2.40. The Balaban J connectivity index is 2.08. The van der Waals surface area contributed by atoms with Crippen LogP contribution in [0.15, 0.2) is 23.3 Å². The quantitative estimate of drug-likeness (QED) is 0.551. The first-order valence-electron chi connectivity index (χ1n) is 9.69. The molecule has 3 atom stereocenters. The number of anilines is 1. The molecule has 0 radical (unpaired) electrons. The van der Waals surface area contributed by atoms with Gasteiger partial charge in [0.05, 0.1) is 30.8 Å². The zero-order chi connectivity index (χ0) is 22.4. The number of rotatable bonds is 5. The van der Waals surface area contributed by atoms with E-state index >= 15 is 0 Å². The van der Waals surface area contributed by atoms with Gasteiger partial charge in [-0.2, -0.15) is 4.98 Å². The number of carbonyl (C=O) groups excluding carboxylic acids is 2. The summed E-state index contributed by atoms with van der Waals surface area (Å²) in [5, 5.41) is 0. The second-order valence-electron chi connectivity index (χ2n) is 8.43. The molecule has 2 heterocycles. The highest BCUT2D eigenvalue weighted by Crippen LogP contribution is 2.49. The minimum absolute atomic E-state index is 0.0351. The molecule has 0 unspecified atom stereocenters. The van der Waals surface area contributed by atoms with Crippen molar-refractivity contribution in [3.8, 4) is 0 Å². The average Bonchev–Trinajstić information content (AvgIpc) is 3.22. The number of hydrogen-bond acceptors (Lipinski definition) is 8. The fraction of sp³-hybridized carbons (Fsp3) is 0.550. The van der Waals surface area contributed by atoms with Gasteiger partial charge in [0.1, 0.15) is 6.10 Å². The molecule has 3 N–H and O–H groups in total. The molecule has 10 nitrogen and oxygen atoms in total. The van der Waals surface area contributed by atoms with Crippen LogP contribution in [-0.2, 0) is 19.1 Å². The number of nitrogens with zero attached hydrogens (tertiary/aromatic N) is 3. The van der Waals surface area contributed by atoms with E-state index in [0.29, 0.717) is 17.6 Å². The maximum absolute atomic E-state index is 12.5. The van der Waals surface area contributed by atoms with Crippen LogP contribution in [0.4, 0.5) is 5.95 Å². The molecule has 1 fully saturated rings. The van der Waals surface area contributed by atoms with Crippen molar-refractivity contribution in [2.24, 2.45) is 17.3 Å². The lowest BCUT2D eigenvalue weighted by molar-refractivity contribution is -0.163. The third kappa shape index (κ3) is 3.46. The molecular weight excluding hydrogens is 390 g/mol. The molecule has 30 heavy (non-hydrogen) atoms.